The summed E-state index contributed by atoms with van der Waals surface area (Å²) in [5.74, 6) is 0.908. The molecule has 0 spiro atoms. The molecule has 0 aromatic rings. The fourth-order valence-corrected chi connectivity index (χ4v) is 1.25. The normalized spacial score (nSPS) is 27.8. The average Bonchev–Trinajstić information content (AvgIpc) is 2.07. The number of aliphatic hydroxyl groups is 1. The van der Waals surface area contributed by atoms with E-state index in [1.165, 1.54) is 6.08 Å². The summed E-state index contributed by atoms with van der Waals surface area (Å²) in [7, 11) is 0. The summed E-state index contributed by atoms with van der Waals surface area (Å²) in [4.78, 5) is 11.4. The second-order valence-corrected chi connectivity index (χ2v) is 4.45. The largest absolute Gasteiger partial charge is 0.498 e. The Bertz CT molecular complexity index is 251. The third-order valence-corrected chi connectivity index (χ3v) is 2.28. The fourth-order valence-electron chi connectivity index (χ4n) is 1.25. The molecule has 3 nitrogen and oxygen atoms in total. The Kier molecular flexibility index (Phi) is 3.32. The maximum Gasteiger partial charge on any atom is 0.190 e. The maximum atomic E-state index is 11.4. The van der Waals surface area contributed by atoms with Gasteiger partial charge in [0.2, 0.25) is 0 Å². The minimum absolute atomic E-state index is 0.248. The monoisotopic (exact) mass is 198 g/mol. The molecule has 0 heterocycles. The van der Waals surface area contributed by atoms with Gasteiger partial charge in [-0.15, -0.1) is 0 Å². The van der Waals surface area contributed by atoms with Crippen molar-refractivity contribution in [3.05, 3.63) is 11.8 Å². The predicted octanol–water partition coefficient (Wildman–Crippen LogP) is 1.66. The molecule has 0 fully saturated rings. The van der Waals surface area contributed by atoms with Crippen LogP contribution >= 0.6 is 0 Å². The molecule has 0 bridgehead atoms. The molecule has 0 amide bonds. The average molecular weight is 198 g/mol. The van der Waals surface area contributed by atoms with Gasteiger partial charge in [-0.1, -0.05) is 13.8 Å². The van der Waals surface area contributed by atoms with Crippen LogP contribution < -0.4 is 0 Å². The van der Waals surface area contributed by atoms with Crippen LogP contribution in [0.2, 0.25) is 0 Å². The van der Waals surface area contributed by atoms with E-state index in [4.69, 9.17) is 4.74 Å². The molecular formula is C11H18O3. The molecule has 1 atom stereocenters. The van der Waals surface area contributed by atoms with E-state index < -0.39 is 5.60 Å². The van der Waals surface area contributed by atoms with Gasteiger partial charge in [0.25, 0.3) is 0 Å². The van der Waals surface area contributed by atoms with Gasteiger partial charge in [0.1, 0.15) is 5.60 Å². The van der Waals surface area contributed by atoms with Crippen LogP contribution in [0.3, 0.4) is 0 Å². The van der Waals surface area contributed by atoms with Crippen molar-refractivity contribution in [1.82, 2.24) is 0 Å². The van der Waals surface area contributed by atoms with E-state index in [0.29, 0.717) is 31.1 Å². The number of hydrogen-bond acceptors (Lipinski definition) is 3. The van der Waals surface area contributed by atoms with E-state index in [9.17, 15) is 9.90 Å². The van der Waals surface area contributed by atoms with Crippen molar-refractivity contribution in [1.29, 1.82) is 0 Å². The van der Waals surface area contributed by atoms with Gasteiger partial charge in [-0.3, -0.25) is 4.79 Å². The third-order valence-electron chi connectivity index (χ3n) is 2.28. The van der Waals surface area contributed by atoms with E-state index in [1.54, 1.807) is 6.92 Å². The molecule has 0 aliphatic heterocycles. The number of ether oxygens (including phenoxy) is 1. The maximum absolute atomic E-state index is 11.4. The Morgan fingerprint density at radius 1 is 1.64 bits per heavy atom. The summed E-state index contributed by atoms with van der Waals surface area (Å²) in [5, 5.41) is 9.59. The van der Waals surface area contributed by atoms with E-state index in [2.05, 4.69) is 13.8 Å². The zero-order valence-corrected chi connectivity index (χ0v) is 9.04. The summed E-state index contributed by atoms with van der Waals surface area (Å²) >= 11 is 0. The molecule has 0 saturated heterocycles. The lowest BCUT2D eigenvalue weighted by atomic mass is 9.89. The second kappa shape index (κ2) is 4.13. The van der Waals surface area contributed by atoms with Crippen molar-refractivity contribution in [2.24, 2.45) is 5.92 Å². The minimum Gasteiger partial charge on any atom is -0.498 e. The van der Waals surface area contributed by atoms with Crippen LogP contribution in [0, 0.1) is 5.92 Å². The van der Waals surface area contributed by atoms with Crippen LogP contribution in [0.25, 0.3) is 0 Å². The van der Waals surface area contributed by atoms with Crippen molar-refractivity contribution in [3.63, 3.8) is 0 Å². The Balaban J connectivity index is 2.54. The van der Waals surface area contributed by atoms with Crippen LogP contribution in [-0.2, 0) is 9.53 Å². The van der Waals surface area contributed by atoms with E-state index in [-0.39, 0.29) is 5.78 Å². The number of allylic oxidation sites excluding steroid dienone is 1. The van der Waals surface area contributed by atoms with Crippen molar-refractivity contribution in [2.75, 3.05) is 6.61 Å². The van der Waals surface area contributed by atoms with E-state index >= 15 is 0 Å². The molecule has 0 aromatic heterocycles. The Morgan fingerprint density at radius 3 is 2.79 bits per heavy atom. The number of carbonyl (C=O) groups is 1. The highest BCUT2D eigenvalue weighted by Crippen LogP contribution is 2.25. The second-order valence-electron chi connectivity index (χ2n) is 4.45. The van der Waals surface area contributed by atoms with Crippen LogP contribution in [0.1, 0.15) is 33.6 Å². The lowest BCUT2D eigenvalue weighted by molar-refractivity contribution is -0.132. The number of ketones is 1. The first-order valence-electron chi connectivity index (χ1n) is 5.02. The molecule has 1 N–H and O–H groups in total. The lowest BCUT2D eigenvalue weighted by Gasteiger charge is -2.26. The van der Waals surface area contributed by atoms with Crippen molar-refractivity contribution < 1.29 is 14.6 Å². The van der Waals surface area contributed by atoms with Crippen LogP contribution in [0.4, 0.5) is 0 Å². The van der Waals surface area contributed by atoms with Gasteiger partial charge in [-0.05, 0) is 19.3 Å². The number of rotatable bonds is 3. The molecule has 80 valence electrons. The fraction of sp³-hybridized carbons (Fsp3) is 0.727. The van der Waals surface area contributed by atoms with E-state index in [1.807, 2.05) is 0 Å². The highest BCUT2D eigenvalue weighted by Gasteiger charge is 2.32. The highest BCUT2D eigenvalue weighted by atomic mass is 16.5. The van der Waals surface area contributed by atoms with Gasteiger partial charge < -0.3 is 9.84 Å². The van der Waals surface area contributed by atoms with Crippen LogP contribution in [-0.4, -0.2) is 23.1 Å². The summed E-state index contributed by atoms with van der Waals surface area (Å²) in [5.41, 5.74) is -1.19. The molecule has 1 aliphatic rings. The smallest absolute Gasteiger partial charge is 0.190 e. The molecule has 1 unspecified atom stereocenters. The predicted molar refractivity (Wildman–Crippen MR) is 53.7 cm³/mol. The number of carbonyl (C=O) groups excluding carboxylic acids is 1. The minimum atomic E-state index is -1.19. The quantitative estimate of drug-likeness (QED) is 0.750. The first kappa shape index (κ1) is 11.2. The summed E-state index contributed by atoms with van der Waals surface area (Å²) < 4.78 is 5.44. The highest BCUT2D eigenvalue weighted by molar-refractivity contribution is 5.97. The van der Waals surface area contributed by atoms with Crippen molar-refractivity contribution >= 4 is 5.78 Å². The Labute approximate surface area is 84.8 Å². The van der Waals surface area contributed by atoms with Crippen LogP contribution in [0.15, 0.2) is 11.8 Å². The molecule has 0 radical (unpaired) electrons. The van der Waals surface area contributed by atoms with Gasteiger partial charge in [0.15, 0.2) is 5.78 Å². The zero-order valence-electron chi connectivity index (χ0n) is 9.04. The SMILES string of the molecule is CC(C)COC1=CC(=O)C(C)(O)CC1. The van der Waals surface area contributed by atoms with Crippen molar-refractivity contribution in [2.45, 2.75) is 39.2 Å². The lowest BCUT2D eigenvalue weighted by Crippen LogP contribution is -2.36. The Hall–Kier alpha value is -0.830. The standard InChI is InChI=1S/C11H18O3/c1-8(2)7-14-9-4-5-11(3,13)10(12)6-9/h6,8,13H,4-5,7H2,1-3H3. The van der Waals surface area contributed by atoms with Gasteiger partial charge in [0, 0.05) is 12.5 Å². The first-order valence-corrected chi connectivity index (χ1v) is 5.02. The summed E-state index contributed by atoms with van der Waals surface area (Å²) in [6.45, 7) is 6.29. The van der Waals surface area contributed by atoms with Gasteiger partial charge in [-0.25, -0.2) is 0 Å². The molecule has 0 aromatic carbocycles. The van der Waals surface area contributed by atoms with Gasteiger partial charge in [-0.2, -0.15) is 0 Å². The Morgan fingerprint density at radius 2 is 2.29 bits per heavy atom. The van der Waals surface area contributed by atoms with E-state index in [0.717, 1.165) is 0 Å². The summed E-state index contributed by atoms with van der Waals surface area (Å²) in [6, 6.07) is 0. The molecule has 3 heteroatoms. The zero-order chi connectivity index (χ0) is 10.8. The molecular weight excluding hydrogens is 180 g/mol. The van der Waals surface area contributed by atoms with Gasteiger partial charge >= 0.3 is 0 Å². The molecule has 14 heavy (non-hydrogen) atoms. The topological polar surface area (TPSA) is 46.5 Å². The van der Waals surface area contributed by atoms with Crippen LogP contribution in [0.5, 0.6) is 0 Å². The molecule has 1 rings (SSSR count). The first-order chi connectivity index (χ1) is 6.42. The molecule has 1 aliphatic carbocycles. The third kappa shape index (κ3) is 2.84. The number of hydrogen-bond donors (Lipinski definition) is 1. The van der Waals surface area contributed by atoms with Crippen molar-refractivity contribution in [3.8, 4) is 0 Å². The van der Waals surface area contributed by atoms with Gasteiger partial charge in [0.05, 0.1) is 12.4 Å². The summed E-state index contributed by atoms with van der Waals surface area (Å²) in [6.07, 6.45) is 2.52. The molecule has 0 saturated carbocycles.